The van der Waals surface area contributed by atoms with Gasteiger partial charge in [-0.2, -0.15) is 0 Å². The first-order valence-corrected chi connectivity index (χ1v) is 7.13. The molecule has 0 spiro atoms. The molecule has 5 heteroatoms. The minimum absolute atomic E-state index is 0.0415. The third kappa shape index (κ3) is 3.45. The summed E-state index contributed by atoms with van der Waals surface area (Å²) in [5.74, 6) is -1.40. The first-order valence-electron chi connectivity index (χ1n) is 7.13. The standard InChI is InChI=1S/C14H22FNO3/c1-9-5-11(14(18)19)8-16(7-9)13(17)10-3-2-4-12(15)6-10/h9-12H,2-8H2,1H3,(H,18,19). The molecule has 1 amide bonds. The lowest BCUT2D eigenvalue weighted by Gasteiger charge is -2.37. The van der Waals surface area contributed by atoms with E-state index < -0.39 is 18.1 Å². The number of alkyl halides is 1. The molecule has 4 unspecified atom stereocenters. The maximum absolute atomic E-state index is 13.4. The minimum Gasteiger partial charge on any atom is -0.481 e. The smallest absolute Gasteiger partial charge is 0.308 e. The number of nitrogens with zero attached hydrogens (tertiary/aromatic N) is 1. The Bertz CT molecular complexity index is 361. The molecule has 0 bridgehead atoms. The van der Waals surface area contributed by atoms with Crippen molar-refractivity contribution < 1.29 is 19.1 Å². The summed E-state index contributed by atoms with van der Waals surface area (Å²) in [5.41, 5.74) is 0. The van der Waals surface area contributed by atoms with Crippen LogP contribution in [-0.2, 0) is 9.59 Å². The highest BCUT2D eigenvalue weighted by atomic mass is 19.1. The Morgan fingerprint density at radius 3 is 2.53 bits per heavy atom. The predicted octanol–water partition coefficient (Wildman–Crippen LogP) is 2.08. The van der Waals surface area contributed by atoms with Crippen molar-refractivity contribution in [3.63, 3.8) is 0 Å². The van der Waals surface area contributed by atoms with Gasteiger partial charge in [-0.05, 0) is 38.0 Å². The molecule has 1 saturated heterocycles. The summed E-state index contributed by atoms with van der Waals surface area (Å²) in [4.78, 5) is 25.1. The number of aliphatic carboxylic acids is 1. The predicted molar refractivity (Wildman–Crippen MR) is 68.3 cm³/mol. The Morgan fingerprint density at radius 1 is 1.16 bits per heavy atom. The van der Waals surface area contributed by atoms with Gasteiger partial charge in [0.1, 0.15) is 6.17 Å². The van der Waals surface area contributed by atoms with Crippen molar-refractivity contribution in [1.29, 1.82) is 0 Å². The van der Waals surface area contributed by atoms with E-state index in [0.717, 1.165) is 12.8 Å². The number of rotatable bonds is 2. The highest BCUT2D eigenvalue weighted by Crippen LogP contribution is 2.30. The molecule has 2 rings (SSSR count). The van der Waals surface area contributed by atoms with Crippen molar-refractivity contribution in [2.24, 2.45) is 17.8 Å². The Hall–Kier alpha value is -1.13. The molecule has 1 N–H and O–H groups in total. The van der Waals surface area contributed by atoms with Gasteiger partial charge in [-0.15, -0.1) is 0 Å². The van der Waals surface area contributed by atoms with E-state index in [1.807, 2.05) is 6.92 Å². The molecule has 1 aliphatic carbocycles. The van der Waals surface area contributed by atoms with Gasteiger partial charge in [0, 0.05) is 19.0 Å². The third-order valence-corrected chi connectivity index (χ3v) is 4.28. The number of amides is 1. The van der Waals surface area contributed by atoms with Crippen LogP contribution in [0.5, 0.6) is 0 Å². The molecular formula is C14H22FNO3. The maximum atomic E-state index is 13.4. The largest absolute Gasteiger partial charge is 0.481 e. The fraction of sp³-hybridized carbons (Fsp3) is 0.857. The molecule has 1 heterocycles. The van der Waals surface area contributed by atoms with E-state index in [-0.39, 0.29) is 24.3 Å². The number of likely N-dealkylation sites (tertiary alicyclic amines) is 1. The van der Waals surface area contributed by atoms with Crippen molar-refractivity contribution in [2.45, 2.75) is 45.2 Å². The Kier molecular flexibility index (Phi) is 4.42. The number of carbonyl (C=O) groups is 2. The number of hydrogen-bond acceptors (Lipinski definition) is 2. The second-order valence-electron chi connectivity index (χ2n) is 6.08. The Labute approximate surface area is 113 Å². The molecule has 108 valence electrons. The topological polar surface area (TPSA) is 57.6 Å². The van der Waals surface area contributed by atoms with Gasteiger partial charge in [0.05, 0.1) is 5.92 Å². The summed E-state index contributed by atoms with van der Waals surface area (Å²) >= 11 is 0. The lowest BCUT2D eigenvalue weighted by molar-refractivity contribution is -0.148. The quantitative estimate of drug-likeness (QED) is 0.836. The van der Waals surface area contributed by atoms with Gasteiger partial charge in [0.2, 0.25) is 5.91 Å². The van der Waals surface area contributed by atoms with Crippen LogP contribution < -0.4 is 0 Å². The molecule has 2 aliphatic rings. The molecule has 4 nitrogen and oxygen atoms in total. The van der Waals surface area contributed by atoms with Gasteiger partial charge in [-0.3, -0.25) is 9.59 Å². The van der Waals surface area contributed by atoms with E-state index in [1.54, 1.807) is 4.90 Å². The molecule has 2 fully saturated rings. The van der Waals surface area contributed by atoms with Crippen LogP contribution in [0.25, 0.3) is 0 Å². The highest BCUT2D eigenvalue weighted by molar-refractivity contribution is 5.80. The SMILES string of the molecule is CC1CC(C(=O)O)CN(C(=O)C2CCCC(F)C2)C1. The number of hydrogen-bond donors (Lipinski definition) is 1. The van der Waals surface area contributed by atoms with Gasteiger partial charge < -0.3 is 10.0 Å². The van der Waals surface area contributed by atoms with Crippen LogP contribution >= 0.6 is 0 Å². The number of carbonyl (C=O) groups excluding carboxylic acids is 1. The molecule has 1 aliphatic heterocycles. The monoisotopic (exact) mass is 271 g/mol. The summed E-state index contributed by atoms with van der Waals surface area (Å²) in [6.45, 7) is 2.86. The number of carboxylic acids is 1. The number of piperidine rings is 1. The lowest BCUT2D eigenvalue weighted by Crippen LogP contribution is -2.48. The van der Waals surface area contributed by atoms with E-state index >= 15 is 0 Å². The average Bonchev–Trinajstić information content (AvgIpc) is 2.37. The van der Waals surface area contributed by atoms with Crippen LogP contribution in [0.2, 0.25) is 0 Å². The molecule has 1 saturated carbocycles. The molecule has 0 aromatic rings. The van der Waals surface area contributed by atoms with Gasteiger partial charge in [0.15, 0.2) is 0 Å². The number of halogens is 1. The van der Waals surface area contributed by atoms with Crippen LogP contribution in [0.3, 0.4) is 0 Å². The van der Waals surface area contributed by atoms with E-state index in [2.05, 4.69) is 0 Å². The van der Waals surface area contributed by atoms with Crippen LogP contribution in [0, 0.1) is 17.8 Å². The van der Waals surface area contributed by atoms with Crippen LogP contribution in [0.15, 0.2) is 0 Å². The molecular weight excluding hydrogens is 249 g/mol. The fourth-order valence-electron chi connectivity index (χ4n) is 3.32. The fourth-order valence-corrected chi connectivity index (χ4v) is 3.32. The minimum atomic E-state index is -0.875. The van der Waals surface area contributed by atoms with Crippen molar-refractivity contribution in [3.05, 3.63) is 0 Å². The molecule has 4 atom stereocenters. The zero-order chi connectivity index (χ0) is 14.0. The molecule has 0 aromatic heterocycles. The van der Waals surface area contributed by atoms with E-state index in [0.29, 0.717) is 25.8 Å². The van der Waals surface area contributed by atoms with Crippen molar-refractivity contribution in [3.8, 4) is 0 Å². The van der Waals surface area contributed by atoms with Crippen molar-refractivity contribution in [1.82, 2.24) is 4.90 Å². The Balaban J connectivity index is 1.99. The maximum Gasteiger partial charge on any atom is 0.308 e. The van der Waals surface area contributed by atoms with Crippen LogP contribution in [0.4, 0.5) is 4.39 Å². The van der Waals surface area contributed by atoms with Crippen molar-refractivity contribution >= 4 is 11.9 Å². The Morgan fingerprint density at radius 2 is 1.89 bits per heavy atom. The van der Waals surface area contributed by atoms with Gasteiger partial charge in [-0.25, -0.2) is 4.39 Å². The zero-order valence-corrected chi connectivity index (χ0v) is 11.3. The summed E-state index contributed by atoms with van der Waals surface area (Å²) < 4.78 is 13.4. The summed E-state index contributed by atoms with van der Waals surface area (Å²) in [6.07, 6.45) is 2.10. The molecule has 0 radical (unpaired) electrons. The summed E-state index contributed by atoms with van der Waals surface area (Å²) in [7, 11) is 0. The van der Waals surface area contributed by atoms with E-state index in [1.165, 1.54) is 0 Å². The highest BCUT2D eigenvalue weighted by Gasteiger charge is 2.36. The zero-order valence-electron chi connectivity index (χ0n) is 11.3. The van der Waals surface area contributed by atoms with E-state index in [9.17, 15) is 14.0 Å². The lowest BCUT2D eigenvalue weighted by atomic mass is 9.85. The third-order valence-electron chi connectivity index (χ3n) is 4.28. The number of carboxylic acid groups (broad SMARTS) is 1. The van der Waals surface area contributed by atoms with E-state index in [4.69, 9.17) is 5.11 Å². The van der Waals surface area contributed by atoms with Crippen LogP contribution in [-0.4, -0.2) is 41.1 Å². The second kappa shape index (κ2) is 5.88. The van der Waals surface area contributed by atoms with Crippen molar-refractivity contribution in [2.75, 3.05) is 13.1 Å². The normalized spacial score (nSPS) is 36.0. The van der Waals surface area contributed by atoms with Gasteiger partial charge in [0.25, 0.3) is 0 Å². The summed E-state index contributed by atoms with van der Waals surface area (Å²) in [5, 5.41) is 9.11. The van der Waals surface area contributed by atoms with Gasteiger partial charge in [-0.1, -0.05) is 6.92 Å². The first kappa shape index (κ1) is 14.3. The summed E-state index contributed by atoms with van der Waals surface area (Å²) in [6, 6.07) is 0. The first-order chi connectivity index (χ1) is 8.97. The van der Waals surface area contributed by atoms with Crippen LogP contribution in [0.1, 0.15) is 39.0 Å². The molecule has 0 aromatic carbocycles. The second-order valence-corrected chi connectivity index (χ2v) is 6.08. The van der Waals surface area contributed by atoms with Gasteiger partial charge >= 0.3 is 5.97 Å². The molecule has 19 heavy (non-hydrogen) atoms. The average molecular weight is 271 g/mol.